The van der Waals surface area contributed by atoms with E-state index in [4.69, 9.17) is 4.42 Å². The predicted octanol–water partition coefficient (Wildman–Crippen LogP) is 12.7. The third kappa shape index (κ3) is 4.43. The minimum atomic E-state index is 0.869. The summed E-state index contributed by atoms with van der Waals surface area (Å²) >= 11 is 0. The minimum absolute atomic E-state index is 0.869. The standard InChI is InChI=1S/C44H29NO/c1-2-11-33(12-3-1)39-17-9-18-41-40-27-26-37(29-43(40)46-44(39)41)45(42-19-8-15-32-13-6-7-16-38(32)42)36-24-22-31(23-25-36)35-21-20-30-10-4-5-14-34(30)28-35/h1-29H. The van der Waals surface area contributed by atoms with Crippen molar-refractivity contribution >= 4 is 60.5 Å². The van der Waals surface area contributed by atoms with Crippen LogP contribution in [0.5, 0.6) is 0 Å². The van der Waals surface area contributed by atoms with E-state index in [1.165, 1.54) is 32.7 Å². The summed E-state index contributed by atoms with van der Waals surface area (Å²) in [6, 6.07) is 62.7. The van der Waals surface area contributed by atoms with Crippen LogP contribution in [0.3, 0.4) is 0 Å². The first-order valence-electron chi connectivity index (χ1n) is 15.7. The fourth-order valence-electron chi connectivity index (χ4n) is 6.77. The molecule has 0 N–H and O–H groups in total. The molecular formula is C44H29NO. The van der Waals surface area contributed by atoms with E-state index in [0.29, 0.717) is 0 Å². The molecule has 0 atom stereocenters. The van der Waals surface area contributed by atoms with Crippen LogP contribution in [0.25, 0.3) is 65.7 Å². The first-order valence-corrected chi connectivity index (χ1v) is 15.7. The van der Waals surface area contributed by atoms with E-state index in [2.05, 4.69) is 175 Å². The molecule has 1 heterocycles. The summed E-state index contributed by atoms with van der Waals surface area (Å²) in [6.07, 6.45) is 0. The predicted molar refractivity (Wildman–Crippen MR) is 194 cm³/mol. The van der Waals surface area contributed by atoms with E-state index in [0.717, 1.165) is 50.1 Å². The number of benzene rings is 8. The molecule has 0 radical (unpaired) electrons. The van der Waals surface area contributed by atoms with Crippen molar-refractivity contribution in [1.82, 2.24) is 0 Å². The zero-order valence-electron chi connectivity index (χ0n) is 25.1. The van der Waals surface area contributed by atoms with Crippen molar-refractivity contribution in [2.45, 2.75) is 0 Å². The molecule has 0 spiro atoms. The summed E-state index contributed by atoms with van der Waals surface area (Å²) in [5.74, 6) is 0. The average Bonchev–Trinajstić information content (AvgIpc) is 3.50. The van der Waals surface area contributed by atoms with Gasteiger partial charge >= 0.3 is 0 Å². The molecule has 8 aromatic carbocycles. The Morgan fingerprint density at radius 1 is 0.370 bits per heavy atom. The molecular weight excluding hydrogens is 558 g/mol. The Morgan fingerprint density at radius 2 is 1.04 bits per heavy atom. The smallest absolute Gasteiger partial charge is 0.143 e. The highest BCUT2D eigenvalue weighted by Gasteiger charge is 2.18. The van der Waals surface area contributed by atoms with Gasteiger partial charge in [0, 0.05) is 39.2 Å². The maximum atomic E-state index is 6.67. The summed E-state index contributed by atoms with van der Waals surface area (Å²) in [4.78, 5) is 2.34. The van der Waals surface area contributed by atoms with Crippen molar-refractivity contribution in [1.29, 1.82) is 0 Å². The van der Waals surface area contributed by atoms with Crippen molar-refractivity contribution in [2.75, 3.05) is 4.90 Å². The molecule has 2 nitrogen and oxygen atoms in total. The topological polar surface area (TPSA) is 16.4 Å². The Bertz CT molecular complexity index is 2520. The Balaban J connectivity index is 1.20. The van der Waals surface area contributed by atoms with Crippen molar-refractivity contribution in [3.05, 3.63) is 176 Å². The first-order chi connectivity index (χ1) is 22.8. The number of rotatable bonds is 5. The molecule has 46 heavy (non-hydrogen) atoms. The lowest BCUT2D eigenvalue weighted by Gasteiger charge is -2.27. The molecule has 0 fully saturated rings. The van der Waals surface area contributed by atoms with Gasteiger partial charge in [0.1, 0.15) is 11.2 Å². The van der Waals surface area contributed by atoms with E-state index in [1.54, 1.807) is 0 Å². The van der Waals surface area contributed by atoms with E-state index < -0.39 is 0 Å². The summed E-state index contributed by atoms with van der Waals surface area (Å²) in [5, 5.41) is 7.13. The quantitative estimate of drug-likeness (QED) is 0.199. The van der Waals surface area contributed by atoms with Gasteiger partial charge in [-0.3, -0.25) is 0 Å². The number of anilines is 3. The van der Waals surface area contributed by atoms with Gasteiger partial charge in [0.05, 0.1) is 5.69 Å². The summed E-state index contributed by atoms with van der Waals surface area (Å²) in [6.45, 7) is 0. The average molecular weight is 588 g/mol. The summed E-state index contributed by atoms with van der Waals surface area (Å²) in [7, 11) is 0. The van der Waals surface area contributed by atoms with Crippen LogP contribution < -0.4 is 4.90 Å². The van der Waals surface area contributed by atoms with Gasteiger partial charge in [-0.05, 0) is 69.2 Å². The molecule has 0 aliphatic carbocycles. The molecule has 0 amide bonds. The second-order valence-electron chi connectivity index (χ2n) is 11.8. The second kappa shape index (κ2) is 10.8. The number of furan rings is 1. The van der Waals surface area contributed by atoms with Crippen LogP contribution in [-0.4, -0.2) is 0 Å². The zero-order chi connectivity index (χ0) is 30.5. The number of hydrogen-bond donors (Lipinski definition) is 0. The van der Waals surface area contributed by atoms with Gasteiger partial charge in [0.15, 0.2) is 0 Å². The number of para-hydroxylation sites is 1. The lowest BCUT2D eigenvalue weighted by Crippen LogP contribution is -2.10. The maximum absolute atomic E-state index is 6.67. The largest absolute Gasteiger partial charge is 0.455 e. The van der Waals surface area contributed by atoms with Crippen LogP contribution in [0.4, 0.5) is 17.1 Å². The van der Waals surface area contributed by atoms with Gasteiger partial charge in [0.25, 0.3) is 0 Å². The van der Waals surface area contributed by atoms with Crippen LogP contribution in [0.1, 0.15) is 0 Å². The molecule has 216 valence electrons. The van der Waals surface area contributed by atoms with Crippen molar-refractivity contribution < 1.29 is 4.42 Å². The second-order valence-corrected chi connectivity index (χ2v) is 11.8. The zero-order valence-corrected chi connectivity index (χ0v) is 25.1. The highest BCUT2D eigenvalue weighted by atomic mass is 16.3. The molecule has 2 heteroatoms. The Labute approximate surface area is 267 Å². The third-order valence-electron chi connectivity index (χ3n) is 9.04. The fraction of sp³-hybridized carbons (Fsp3) is 0. The molecule has 0 unspecified atom stereocenters. The number of nitrogens with zero attached hydrogens (tertiary/aromatic N) is 1. The highest BCUT2D eigenvalue weighted by molar-refractivity contribution is 6.11. The molecule has 0 saturated heterocycles. The third-order valence-corrected chi connectivity index (χ3v) is 9.04. The Kier molecular flexibility index (Phi) is 6.17. The Hall–Kier alpha value is -6.12. The molecule has 0 bridgehead atoms. The molecule has 0 saturated carbocycles. The summed E-state index contributed by atoms with van der Waals surface area (Å²) in [5.41, 5.74) is 9.68. The molecule has 1 aromatic heterocycles. The molecule has 0 aliphatic heterocycles. The van der Waals surface area contributed by atoms with E-state index >= 15 is 0 Å². The van der Waals surface area contributed by atoms with Crippen molar-refractivity contribution in [3.8, 4) is 22.3 Å². The van der Waals surface area contributed by atoms with Gasteiger partial charge in [-0.25, -0.2) is 0 Å². The highest BCUT2D eigenvalue weighted by Crippen LogP contribution is 2.43. The monoisotopic (exact) mass is 587 g/mol. The van der Waals surface area contributed by atoms with E-state index in [-0.39, 0.29) is 0 Å². The first kappa shape index (κ1) is 26.3. The van der Waals surface area contributed by atoms with E-state index in [1.807, 2.05) is 6.07 Å². The number of hydrogen-bond acceptors (Lipinski definition) is 2. The van der Waals surface area contributed by atoms with Gasteiger partial charge in [0.2, 0.25) is 0 Å². The van der Waals surface area contributed by atoms with Crippen LogP contribution in [0.2, 0.25) is 0 Å². The summed E-state index contributed by atoms with van der Waals surface area (Å²) < 4.78 is 6.67. The molecule has 9 aromatic rings. The maximum Gasteiger partial charge on any atom is 0.143 e. The van der Waals surface area contributed by atoms with Crippen LogP contribution in [0, 0.1) is 0 Å². The van der Waals surface area contributed by atoms with Crippen LogP contribution >= 0.6 is 0 Å². The van der Waals surface area contributed by atoms with Crippen LogP contribution in [0.15, 0.2) is 180 Å². The molecule has 9 rings (SSSR count). The van der Waals surface area contributed by atoms with Gasteiger partial charge in [-0.1, -0.05) is 133 Å². The van der Waals surface area contributed by atoms with Gasteiger partial charge < -0.3 is 9.32 Å². The minimum Gasteiger partial charge on any atom is -0.455 e. The Morgan fingerprint density at radius 3 is 1.91 bits per heavy atom. The van der Waals surface area contributed by atoms with Gasteiger partial charge in [-0.15, -0.1) is 0 Å². The lowest BCUT2D eigenvalue weighted by atomic mass is 10.0. The molecule has 0 aliphatic rings. The normalized spacial score (nSPS) is 11.5. The van der Waals surface area contributed by atoms with Crippen molar-refractivity contribution in [2.24, 2.45) is 0 Å². The lowest BCUT2D eigenvalue weighted by molar-refractivity contribution is 0.670. The SMILES string of the molecule is c1ccc(-c2cccc3c2oc2cc(N(c4ccc(-c5ccc6ccccc6c5)cc4)c4cccc5ccccc45)ccc23)cc1. The van der Waals surface area contributed by atoms with Gasteiger partial charge in [-0.2, -0.15) is 0 Å². The van der Waals surface area contributed by atoms with Crippen LogP contribution in [-0.2, 0) is 0 Å². The van der Waals surface area contributed by atoms with E-state index in [9.17, 15) is 0 Å². The number of fused-ring (bicyclic) bond motifs is 5. The fourth-order valence-corrected chi connectivity index (χ4v) is 6.77. The van der Waals surface area contributed by atoms with Crippen molar-refractivity contribution in [3.63, 3.8) is 0 Å².